The molecule has 5 nitrogen and oxygen atoms in total. The molecule has 27 heavy (non-hydrogen) atoms. The second-order valence-corrected chi connectivity index (χ2v) is 9.89. The minimum absolute atomic E-state index is 0.0813. The van der Waals surface area contributed by atoms with Crippen molar-refractivity contribution in [1.29, 1.82) is 0 Å². The van der Waals surface area contributed by atoms with E-state index in [9.17, 15) is 13.2 Å². The predicted octanol–water partition coefficient (Wildman–Crippen LogP) is 4.19. The van der Waals surface area contributed by atoms with Crippen LogP contribution in [-0.2, 0) is 21.2 Å². The van der Waals surface area contributed by atoms with Gasteiger partial charge in [0.15, 0.2) is 0 Å². The Bertz CT molecular complexity index is 871. The van der Waals surface area contributed by atoms with Crippen LogP contribution in [0.4, 0.5) is 5.69 Å². The molecule has 1 fully saturated rings. The molecule has 2 aromatic rings. The van der Waals surface area contributed by atoms with Gasteiger partial charge in [0.2, 0.25) is 15.9 Å². The van der Waals surface area contributed by atoms with E-state index in [1.165, 1.54) is 4.88 Å². The number of rotatable bonds is 7. The van der Waals surface area contributed by atoms with Gasteiger partial charge in [-0.15, -0.1) is 11.3 Å². The highest BCUT2D eigenvalue weighted by molar-refractivity contribution is 7.89. The van der Waals surface area contributed by atoms with Gasteiger partial charge in [-0.1, -0.05) is 18.6 Å². The second kappa shape index (κ2) is 8.99. The number of hydrogen-bond donors (Lipinski definition) is 1. The molecule has 1 aromatic heterocycles. The summed E-state index contributed by atoms with van der Waals surface area (Å²) in [7, 11) is -3.50. The zero-order chi connectivity index (χ0) is 19.3. The molecular formula is C20H26N2O3S2. The summed E-state index contributed by atoms with van der Waals surface area (Å²) in [5.74, 6) is -0.0813. The van der Waals surface area contributed by atoms with Crippen molar-refractivity contribution in [1.82, 2.24) is 4.31 Å². The number of piperidine rings is 1. The molecule has 146 valence electrons. The number of anilines is 1. The highest BCUT2D eigenvalue weighted by Gasteiger charge is 2.26. The lowest BCUT2D eigenvalue weighted by Gasteiger charge is -2.26. The summed E-state index contributed by atoms with van der Waals surface area (Å²) in [6.07, 6.45) is 4.95. The van der Waals surface area contributed by atoms with Gasteiger partial charge in [0.1, 0.15) is 0 Å². The lowest BCUT2D eigenvalue weighted by Crippen LogP contribution is -2.35. The summed E-state index contributed by atoms with van der Waals surface area (Å²) < 4.78 is 27.3. The zero-order valence-corrected chi connectivity index (χ0v) is 17.2. The Hall–Kier alpha value is -1.70. The fraction of sp³-hybridized carbons (Fsp3) is 0.450. The summed E-state index contributed by atoms with van der Waals surface area (Å²) in [5.41, 5.74) is 1.44. The number of aryl methyl sites for hydroxylation is 2. The number of hydrogen-bond acceptors (Lipinski definition) is 4. The highest BCUT2D eigenvalue weighted by atomic mass is 32.2. The third-order valence-corrected chi connectivity index (χ3v) is 7.67. The monoisotopic (exact) mass is 406 g/mol. The average molecular weight is 407 g/mol. The number of carbonyl (C=O) groups excluding carboxylic acids is 1. The summed E-state index contributed by atoms with van der Waals surface area (Å²) in [6.45, 7) is 3.01. The standard InChI is InChI=1S/C20H26N2O3S2/c1-16-10-11-18(27(24,25)22-12-3-2-4-13-22)15-19(16)21-20(23)9-5-7-17-8-6-14-26-17/h6,8,10-11,14-15H,2-5,7,9,12-13H2,1H3,(H,21,23). The molecule has 1 N–H and O–H groups in total. The summed E-state index contributed by atoms with van der Waals surface area (Å²) in [5, 5.41) is 4.92. The van der Waals surface area contributed by atoms with Crippen molar-refractivity contribution in [3.05, 3.63) is 46.2 Å². The first-order chi connectivity index (χ1) is 13.0. The fourth-order valence-electron chi connectivity index (χ4n) is 3.24. The first kappa shape index (κ1) is 20.0. The third kappa shape index (κ3) is 5.18. The molecule has 0 atom stereocenters. The minimum Gasteiger partial charge on any atom is -0.326 e. The third-order valence-electron chi connectivity index (χ3n) is 4.84. The Balaban J connectivity index is 1.65. The van der Waals surface area contributed by atoms with E-state index in [0.29, 0.717) is 25.2 Å². The lowest BCUT2D eigenvalue weighted by atomic mass is 10.1. The topological polar surface area (TPSA) is 66.5 Å². The molecule has 0 aliphatic carbocycles. The number of carbonyl (C=O) groups is 1. The Morgan fingerprint density at radius 1 is 1.19 bits per heavy atom. The number of thiophene rings is 1. The second-order valence-electron chi connectivity index (χ2n) is 6.92. The maximum absolute atomic E-state index is 12.9. The molecular weight excluding hydrogens is 380 g/mol. The van der Waals surface area contributed by atoms with E-state index in [0.717, 1.165) is 37.7 Å². The van der Waals surface area contributed by atoms with E-state index >= 15 is 0 Å². The molecule has 1 aliphatic heterocycles. The molecule has 7 heteroatoms. The van der Waals surface area contributed by atoms with Gasteiger partial charge in [0.05, 0.1) is 4.90 Å². The van der Waals surface area contributed by atoms with Crippen LogP contribution in [0.3, 0.4) is 0 Å². The van der Waals surface area contributed by atoms with Crippen LogP contribution in [0.25, 0.3) is 0 Å². The van der Waals surface area contributed by atoms with Crippen molar-refractivity contribution in [2.75, 3.05) is 18.4 Å². The van der Waals surface area contributed by atoms with Crippen LogP contribution in [0.15, 0.2) is 40.6 Å². The van der Waals surface area contributed by atoms with Crippen LogP contribution in [0.1, 0.15) is 42.5 Å². The Morgan fingerprint density at radius 3 is 2.67 bits per heavy atom. The average Bonchev–Trinajstić information content (AvgIpc) is 3.17. The lowest BCUT2D eigenvalue weighted by molar-refractivity contribution is -0.116. The van der Waals surface area contributed by atoms with Gasteiger partial charge in [-0.3, -0.25) is 4.79 Å². The van der Waals surface area contributed by atoms with Crippen molar-refractivity contribution in [2.45, 2.75) is 50.3 Å². The van der Waals surface area contributed by atoms with Crippen molar-refractivity contribution < 1.29 is 13.2 Å². The molecule has 1 aromatic carbocycles. The van der Waals surface area contributed by atoms with Crippen molar-refractivity contribution in [2.24, 2.45) is 0 Å². The van der Waals surface area contributed by atoms with Gasteiger partial charge in [-0.25, -0.2) is 8.42 Å². The van der Waals surface area contributed by atoms with Gasteiger partial charge in [0, 0.05) is 30.1 Å². The number of benzene rings is 1. The van der Waals surface area contributed by atoms with Gasteiger partial charge in [-0.2, -0.15) is 4.31 Å². The maximum atomic E-state index is 12.9. The van der Waals surface area contributed by atoms with Gasteiger partial charge >= 0.3 is 0 Å². The van der Waals surface area contributed by atoms with E-state index in [2.05, 4.69) is 11.4 Å². The van der Waals surface area contributed by atoms with Crippen LogP contribution < -0.4 is 5.32 Å². The van der Waals surface area contributed by atoms with E-state index in [1.54, 1.807) is 33.8 Å². The fourth-order valence-corrected chi connectivity index (χ4v) is 5.54. The smallest absolute Gasteiger partial charge is 0.243 e. The highest BCUT2D eigenvalue weighted by Crippen LogP contribution is 2.25. The summed E-state index contributed by atoms with van der Waals surface area (Å²) in [4.78, 5) is 13.8. The van der Waals surface area contributed by atoms with Crippen molar-refractivity contribution >= 4 is 33.0 Å². The van der Waals surface area contributed by atoms with E-state index in [1.807, 2.05) is 18.4 Å². The van der Waals surface area contributed by atoms with Gasteiger partial charge in [-0.05, 0) is 61.7 Å². The van der Waals surface area contributed by atoms with Crippen LogP contribution >= 0.6 is 11.3 Å². The predicted molar refractivity (Wildman–Crippen MR) is 110 cm³/mol. The first-order valence-electron chi connectivity index (χ1n) is 9.40. The van der Waals surface area contributed by atoms with Crippen LogP contribution in [0, 0.1) is 6.92 Å². The molecule has 1 amide bonds. The Kier molecular flexibility index (Phi) is 6.68. The van der Waals surface area contributed by atoms with Crippen molar-refractivity contribution in [3.63, 3.8) is 0 Å². The van der Waals surface area contributed by atoms with Gasteiger partial charge in [0.25, 0.3) is 0 Å². The zero-order valence-electron chi connectivity index (χ0n) is 15.6. The Morgan fingerprint density at radius 2 is 1.96 bits per heavy atom. The normalized spacial score (nSPS) is 15.6. The molecule has 1 aliphatic rings. The van der Waals surface area contributed by atoms with Crippen LogP contribution in [0.5, 0.6) is 0 Å². The van der Waals surface area contributed by atoms with Crippen LogP contribution in [0.2, 0.25) is 0 Å². The van der Waals surface area contributed by atoms with Gasteiger partial charge < -0.3 is 5.32 Å². The minimum atomic E-state index is -3.50. The molecule has 3 rings (SSSR count). The molecule has 0 radical (unpaired) electrons. The summed E-state index contributed by atoms with van der Waals surface area (Å²) in [6, 6.07) is 9.07. The quantitative estimate of drug-likeness (QED) is 0.750. The number of sulfonamides is 1. The SMILES string of the molecule is Cc1ccc(S(=O)(=O)N2CCCCC2)cc1NC(=O)CCCc1cccs1. The first-order valence-corrected chi connectivity index (χ1v) is 11.7. The number of nitrogens with zero attached hydrogens (tertiary/aromatic N) is 1. The maximum Gasteiger partial charge on any atom is 0.243 e. The molecule has 1 saturated heterocycles. The molecule has 0 bridgehead atoms. The number of amides is 1. The molecule has 0 saturated carbocycles. The van der Waals surface area contributed by atoms with E-state index < -0.39 is 10.0 Å². The largest absolute Gasteiger partial charge is 0.326 e. The Labute approximate surface area is 165 Å². The molecule has 2 heterocycles. The van der Waals surface area contributed by atoms with E-state index in [-0.39, 0.29) is 10.8 Å². The summed E-state index contributed by atoms with van der Waals surface area (Å²) >= 11 is 1.70. The molecule has 0 unspecified atom stereocenters. The van der Waals surface area contributed by atoms with Crippen LogP contribution in [-0.4, -0.2) is 31.7 Å². The van der Waals surface area contributed by atoms with Crippen molar-refractivity contribution in [3.8, 4) is 0 Å². The molecule has 0 spiro atoms. The number of nitrogens with one attached hydrogen (secondary N) is 1. The van der Waals surface area contributed by atoms with E-state index in [4.69, 9.17) is 0 Å².